The molecule has 16 heavy (non-hydrogen) atoms. The lowest BCUT2D eigenvalue weighted by atomic mass is 10.1. The van der Waals surface area contributed by atoms with Crippen LogP contribution in [0.5, 0.6) is 0 Å². The van der Waals surface area contributed by atoms with Crippen molar-refractivity contribution in [3.8, 4) is 0 Å². The summed E-state index contributed by atoms with van der Waals surface area (Å²) in [5, 5.41) is 2.91. The zero-order valence-electron chi connectivity index (χ0n) is 9.76. The van der Waals surface area contributed by atoms with Crippen LogP contribution in [0.3, 0.4) is 0 Å². The molecular formula is C12H17F2NO. The lowest BCUT2D eigenvalue weighted by Gasteiger charge is -2.19. The summed E-state index contributed by atoms with van der Waals surface area (Å²) >= 11 is 0. The van der Waals surface area contributed by atoms with Crippen molar-refractivity contribution in [2.45, 2.75) is 26.0 Å². The van der Waals surface area contributed by atoms with Crippen LogP contribution >= 0.6 is 0 Å². The molecule has 2 nitrogen and oxygen atoms in total. The second-order valence-corrected chi connectivity index (χ2v) is 3.87. The average molecular weight is 229 g/mol. The van der Waals surface area contributed by atoms with E-state index in [2.05, 4.69) is 5.32 Å². The summed E-state index contributed by atoms with van der Waals surface area (Å²) in [5.41, 5.74) is 0.295. The zero-order valence-corrected chi connectivity index (χ0v) is 9.76. The van der Waals surface area contributed by atoms with Crippen LogP contribution in [-0.4, -0.2) is 19.8 Å². The third kappa shape index (κ3) is 3.25. The van der Waals surface area contributed by atoms with Crippen molar-refractivity contribution in [1.82, 2.24) is 5.32 Å². The maximum Gasteiger partial charge on any atom is 0.163 e. The Hall–Kier alpha value is -1.00. The number of likely N-dealkylation sites (N-methyl/N-ethyl adjacent to an activating group) is 1. The van der Waals surface area contributed by atoms with E-state index in [9.17, 15) is 8.78 Å². The molecule has 0 aliphatic heterocycles. The highest BCUT2D eigenvalue weighted by Crippen LogP contribution is 2.19. The molecule has 0 fully saturated rings. The SMILES string of the molecule is CNC(COC(C)C)c1cccc(F)c1F. The number of rotatable bonds is 5. The summed E-state index contributed by atoms with van der Waals surface area (Å²) in [4.78, 5) is 0. The van der Waals surface area contributed by atoms with Crippen LogP contribution in [-0.2, 0) is 4.74 Å². The molecule has 0 spiro atoms. The molecule has 1 N–H and O–H groups in total. The van der Waals surface area contributed by atoms with Crippen LogP contribution < -0.4 is 5.32 Å². The van der Waals surface area contributed by atoms with Gasteiger partial charge in [0, 0.05) is 5.56 Å². The van der Waals surface area contributed by atoms with E-state index in [4.69, 9.17) is 4.74 Å². The number of nitrogens with one attached hydrogen (secondary N) is 1. The molecule has 0 radical (unpaired) electrons. The minimum Gasteiger partial charge on any atom is -0.377 e. The van der Waals surface area contributed by atoms with Gasteiger partial charge in [0.2, 0.25) is 0 Å². The van der Waals surface area contributed by atoms with Crippen LogP contribution in [0.4, 0.5) is 8.78 Å². The van der Waals surface area contributed by atoms with Crippen molar-refractivity contribution in [3.63, 3.8) is 0 Å². The van der Waals surface area contributed by atoms with Gasteiger partial charge >= 0.3 is 0 Å². The molecule has 0 aromatic heterocycles. The standard InChI is InChI=1S/C12H17F2NO/c1-8(2)16-7-11(15-3)9-5-4-6-10(13)12(9)14/h4-6,8,11,15H,7H2,1-3H3. The average Bonchev–Trinajstić information content (AvgIpc) is 2.24. The number of benzene rings is 1. The van der Waals surface area contributed by atoms with Crippen molar-refractivity contribution in [1.29, 1.82) is 0 Å². The van der Waals surface area contributed by atoms with Gasteiger partial charge in [0.25, 0.3) is 0 Å². The van der Waals surface area contributed by atoms with E-state index in [-0.39, 0.29) is 12.1 Å². The summed E-state index contributed by atoms with van der Waals surface area (Å²) in [5.74, 6) is -1.64. The third-order valence-corrected chi connectivity index (χ3v) is 2.30. The molecule has 0 aliphatic rings. The van der Waals surface area contributed by atoms with Crippen LogP contribution in [0.1, 0.15) is 25.5 Å². The van der Waals surface area contributed by atoms with Gasteiger partial charge in [0.1, 0.15) is 0 Å². The molecule has 0 bridgehead atoms. The zero-order chi connectivity index (χ0) is 12.1. The summed E-state index contributed by atoms with van der Waals surface area (Å²) in [7, 11) is 1.69. The Morgan fingerprint density at radius 2 is 2.00 bits per heavy atom. The third-order valence-electron chi connectivity index (χ3n) is 2.30. The highest BCUT2D eigenvalue weighted by Gasteiger charge is 2.17. The van der Waals surface area contributed by atoms with Gasteiger partial charge in [-0.15, -0.1) is 0 Å². The van der Waals surface area contributed by atoms with Gasteiger partial charge in [-0.25, -0.2) is 8.78 Å². The molecule has 1 aromatic carbocycles. The largest absolute Gasteiger partial charge is 0.377 e. The van der Waals surface area contributed by atoms with E-state index in [0.717, 1.165) is 6.07 Å². The Morgan fingerprint density at radius 1 is 1.31 bits per heavy atom. The molecule has 4 heteroatoms. The van der Waals surface area contributed by atoms with Gasteiger partial charge in [-0.05, 0) is 27.0 Å². The predicted molar refractivity (Wildman–Crippen MR) is 59.2 cm³/mol. The molecular weight excluding hydrogens is 212 g/mol. The second-order valence-electron chi connectivity index (χ2n) is 3.87. The minimum absolute atomic E-state index is 0.0625. The van der Waals surface area contributed by atoms with Crippen molar-refractivity contribution < 1.29 is 13.5 Å². The molecule has 0 saturated carbocycles. The summed E-state index contributed by atoms with van der Waals surface area (Å²) in [6, 6.07) is 3.82. The Kier molecular flexibility index (Phi) is 4.83. The smallest absolute Gasteiger partial charge is 0.163 e. The minimum atomic E-state index is -0.831. The van der Waals surface area contributed by atoms with Gasteiger partial charge in [0.15, 0.2) is 11.6 Å². The van der Waals surface area contributed by atoms with Crippen molar-refractivity contribution in [2.24, 2.45) is 0 Å². The topological polar surface area (TPSA) is 21.3 Å². The molecule has 0 saturated heterocycles. The monoisotopic (exact) mass is 229 g/mol. The Bertz CT molecular complexity index is 342. The van der Waals surface area contributed by atoms with E-state index in [1.54, 1.807) is 13.1 Å². The fraction of sp³-hybridized carbons (Fsp3) is 0.500. The van der Waals surface area contributed by atoms with Crippen molar-refractivity contribution in [3.05, 3.63) is 35.4 Å². The molecule has 90 valence electrons. The molecule has 0 amide bonds. The fourth-order valence-corrected chi connectivity index (χ4v) is 1.41. The lowest BCUT2D eigenvalue weighted by molar-refractivity contribution is 0.0618. The van der Waals surface area contributed by atoms with Gasteiger partial charge in [-0.3, -0.25) is 0 Å². The number of ether oxygens (including phenoxy) is 1. The van der Waals surface area contributed by atoms with Crippen molar-refractivity contribution in [2.75, 3.05) is 13.7 Å². The van der Waals surface area contributed by atoms with Gasteiger partial charge in [-0.1, -0.05) is 12.1 Å². The molecule has 1 atom stereocenters. The first kappa shape index (κ1) is 13.1. The van der Waals surface area contributed by atoms with Crippen molar-refractivity contribution >= 4 is 0 Å². The van der Waals surface area contributed by atoms with Crippen LogP contribution in [0, 0.1) is 11.6 Å². The van der Waals surface area contributed by atoms with Gasteiger partial charge in [0.05, 0.1) is 18.8 Å². The maximum atomic E-state index is 13.5. The first-order valence-corrected chi connectivity index (χ1v) is 5.29. The summed E-state index contributed by atoms with van der Waals surface area (Å²) < 4.78 is 31.9. The van der Waals surface area contributed by atoms with E-state index < -0.39 is 11.6 Å². The first-order valence-electron chi connectivity index (χ1n) is 5.29. The molecule has 0 aliphatic carbocycles. The second kappa shape index (κ2) is 5.92. The highest BCUT2D eigenvalue weighted by atomic mass is 19.2. The summed E-state index contributed by atoms with van der Waals surface area (Å²) in [6.07, 6.45) is 0.0625. The Morgan fingerprint density at radius 3 is 2.56 bits per heavy atom. The predicted octanol–water partition coefficient (Wildman–Crippen LogP) is 2.65. The lowest BCUT2D eigenvalue weighted by Crippen LogP contribution is -2.24. The Balaban J connectivity index is 2.82. The maximum absolute atomic E-state index is 13.5. The van der Waals surface area contributed by atoms with Crippen LogP contribution in [0.2, 0.25) is 0 Å². The van der Waals surface area contributed by atoms with E-state index in [1.807, 2.05) is 13.8 Å². The van der Waals surface area contributed by atoms with Crippen LogP contribution in [0.15, 0.2) is 18.2 Å². The quantitative estimate of drug-likeness (QED) is 0.838. The molecule has 1 unspecified atom stereocenters. The van der Waals surface area contributed by atoms with Gasteiger partial charge in [-0.2, -0.15) is 0 Å². The number of hydrogen-bond donors (Lipinski definition) is 1. The van der Waals surface area contributed by atoms with E-state index in [0.29, 0.717) is 12.2 Å². The van der Waals surface area contributed by atoms with E-state index in [1.165, 1.54) is 6.07 Å². The number of halogens is 2. The van der Waals surface area contributed by atoms with E-state index >= 15 is 0 Å². The van der Waals surface area contributed by atoms with Gasteiger partial charge < -0.3 is 10.1 Å². The molecule has 1 aromatic rings. The van der Waals surface area contributed by atoms with Crippen LogP contribution in [0.25, 0.3) is 0 Å². The number of hydrogen-bond acceptors (Lipinski definition) is 2. The molecule has 0 heterocycles. The highest BCUT2D eigenvalue weighted by molar-refractivity contribution is 5.22. The fourth-order valence-electron chi connectivity index (χ4n) is 1.41. The normalized spacial score (nSPS) is 13.1. The Labute approximate surface area is 94.6 Å². The molecule has 1 rings (SSSR count). The first-order chi connectivity index (χ1) is 7.56. The summed E-state index contributed by atoms with van der Waals surface area (Å²) in [6.45, 7) is 4.11.